The topological polar surface area (TPSA) is 92.5 Å². The molecule has 0 bridgehead atoms. The Hall–Kier alpha value is -1.44. The molecule has 2 aliphatic rings. The van der Waals surface area contributed by atoms with E-state index in [1.165, 1.54) is 4.31 Å². The number of primary amides is 1. The van der Waals surface area contributed by atoms with E-state index in [4.69, 9.17) is 5.73 Å². The molecule has 21 heavy (non-hydrogen) atoms. The molecule has 0 radical (unpaired) electrons. The Morgan fingerprint density at radius 1 is 1.38 bits per heavy atom. The second kappa shape index (κ2) is 5.40. The van der Waals surface area contributed by atoms with Crippen LogP contribution < -0.4 is 11.1 Å². The van der Waals surface area contributed by atoms with Gasteiger partial charge in [-0.15, -0.1) is 0 Å². The van der Waals surface area contributed by atoms with Gasteiger partial charge in [-0.05, 0) is 43.0 Å². The van der Waals surface area contributed by atoms with Gasteiger partial charge in [-0.25, -0.2) is 8.42 Å². The van der Waals surface area contributed by atoms with Gasteiger partial charge in [0, 0.05) is 13.1 Å². The van der Waals surface area contributed by atoms with Crippen LogP contribution in [0.5, 0.6) is 0 Å². The quantitative estimate of drug-likeness (QED) is 0.820. The van der Waals surface area contributed by atoms with Crippen molar-refractivity contribution in [2.45, 2.75) is 36.7 Å². The smallest absolute Gasteiger partial charge is 0.244 e. The number of benzene rings is 1. The lowest BCUT2D eigenvalue weighted by Gasteiger charge is -2.25. The van der Waals surface area contributed by atoms with Crippen LogP contribution in [-0.2, 0) is 27.8 Å². The zero-order chi connectivity index (χ0) is 15.0. The maximum absolute atomic E-state index is 12.9. The number of carbonyl (C=O) groups is 1. The third kappa shape index (κ3) is 2.45. The van der Waals surface area contributed by atoms with E-state index in [2.05, 4.69) is 5.32 Å². The summed E-state index contributed by atoms with van der Waals surface area (Å²) in [6, 6.07) is 4.62. The van der Waals surface area contributed by atoms with E-state index in [1.54, 1.807) is 12.1 Å². The Balaban J connectivity index is 2.05. The lowest BCUT2D eigenvalue weighted by molar-refractivity contribution is -0.121. The number of hydrogen-bond donors (Lipinski definition) is 2. The minimum Gasteiger partial charge on any atom is -0.368 e. The Bertz CT molecular complexity index is 672. The SMILES string of the molecule is NC(=O)C1CCCN1S(=O)(=O)c1cccc2c1CCNC2. The fourth-order valence-corrected chi connectivity index (χ4v) is 5.14. The van der Waals surface area contributed by atoms with Crippen molar-refractivity contribution in [3.63, 3.8) is 0 Å². The molecule has 114 valence electrons. The van der Waals surface area contributed by atoms with Crippen LogP contribution in [0.1, 0.15) is 24.0 Å². The van der Waals surface area contributed by atoms with E-state index in [1.807, 2.05) is 6.07 Å². The summed E-state index contributed by atoms with van der Waals surface area (Å²) in [5.41, 5.74) is 7.22. The summed E-state index contributed by atoms with van der Waals surface area (Å²) in [6.45, 7) is 1.80. The summed E-state index contributed by atoms with van der Waals surface area (Å²) in [6.07, 6.45) is 1.86. The van der Waals surface area contributed by atoms with E-state index >= 15 is 0 Å². The van der Waals surface area contributed by atoms with Crippen molar-refractivity contribution in [2.75, 3.05) is 13.1 Å². The van der Waals surface area contributed by atoms with Crippen molar-refractivity contribution in [1.82, 2.24) is 9.62 Å². The molecule has 1 saturated heterocycles. The van der Waals surface area contributed by atoms with Gasteiger partial charge < -0.3 is 11.1 Å². The molecule has 7 heteroatoms. The number of hydrogen-bond acceptors (Lipinski definition) is 4. The van der Waals surface area contributed by atoms with Gasteiger partial charge in [0.25, 0.3) is 0 Å². The molecule has 6 nitrogen and oxygen atoms in total. The van der Waals surface area contributed by atoms with Crippen molar-refractivity contribution < 1.29 is 13.2 Å². The number of nitrogens with one attached hydrogen (secondary N) is 1. The maximum Gasteiger partial charge on any atom is 0.244 e. The van der Waals surface area contributed by atoms with Crippen LogP contribution in [0, 0.1) is 0 Å². The van der Waals surface area contributed by atoms with E-state index < -0.39 is 22.0 Å². The predicted octanol–water partition coefficient (Wildman–Crippen LogP) is -0.0293. The average molecular weight is 309 g/mol. The highest BCUT2D eigenvalue weighted by Crippen LogP contribution is 2.30. The van der Waals surface area contributed by atoms with E-state index in [-0.39, 0.29) is 0 Å². The van der Waals surface area contributed by atoms with Gasteiger partial charge in [-0.1, -0.05) is 12.1 Å². The molecule has 1 atom stereocenters. The van der Waals surface area contributed by atoms with Crippen LogP contribution in [-0.4, -0.2) is 37.8 Å². The maximum atomic E-state index is 12.9. The molecule has 1 fully saturated rings. The van der Waals surface area contributed by atoms with E-state index in [9.17, 15) is 13.2 Å². The standard InChI is InChI=1S/C14H19N3O3S/c15-14(18)12-4-2-8-17(12)21(19,20)13-5-1-3-10-9-16-7-6-11(10)13/h1,3,5,12,16H,2,4,6-9H2,(H2,15,18). The zero-order valence-electron chi connectivity index (χ0n) is 11.7. The Labute approximate surface area is 124 Å². The largest absolute Gasteiger partial charge is 0.368 e. The molecule has 2 aliphatic heterocycles. The molecule has 1 amide bonds. The average Bonchev–Trinajstić information content (AvgIpc) is 2.97. The summed E-state index contributed by atoms with van der Waals surface area (Å²) in [7, 11) is -3.67. The molecule has 1 unspecified atom stereocenters. The monoisotopic (exact) mass is 309 g/mol. The van der Waals surface area contributed by atoms with Crippen molar-refractivity contribution >= 4 is 15.9 Å². The van der Waals surface area contributed by atoms with Crippen LogP contribution in [0.25, 0.3) is 0 Å². The molecule has 0 aromatic heterocycles. The van der Waals surface area contributed by atoms with Crippen molar-refractivity contribution in [2.24, 2.45) is 5.73 Å². The second-order valence-electron chi connectivity index (χ2n) is 5.50. The van der Waals surface area contributed by atoms with E-state index in [0.717, 1.165) is 17.7 Å². The van der Waals surface area contributed by atoms with Gasteiger partial charge in [0.15, 0.2) is 0 Å². The fourth-order valence-electron chi connectivity index (χ4n) is 3.18. The van der Waals surface area contributed by atoms with Crippen LogP contribution in [0.15, 0.2) is 23.1 Å². The van der Waals surface area contributed by atoms with Gasteiger partial charge in [-0.2, -0.15) is 4.31 Å². The van der Waals surface area contributed by atoms with Crippen molar-refractivity contribution in [3.8, 4) is 0 Å². The van der Waals surface area contributed by atoms with Gasteiger partial charge in [0.1, 0.15) is 6.04 Å². The minimum atomic E-state index is -3.67. The number of rotatable bonds is 3. The van der Waals surface area contributed by atoms with Gasteiger partial charge in [0.2, 0.25) is 15.9 Å². The molecule has 0 spiro atoms. The van der Waals surface area contributed by atoms with Crippen LogP contribution in [0.2, 0.25) is 0 Å². The first-order valence-electron chi connectivity index (χ1n) is 7.14. The molecule has 0 aliphatic carbocycles. The minimum absolute atomic E-state index is 0.328. The first-order chi connectivity index (χ1) is 10.0. The highest BCUT2D eigenvalue weighted by molar-refractivity contribution is 7.89. The molecule has 1 aromatic rings. The highest BCUT2D eigenvalue weighted by atomic mass is 32.2. The lowest BCUT2D eigenvalue weighted by atomic mass is 10.0. The number of nitrogens with two attached hydrogens (primary N) is 1. The number of sulfonamides is 1. The molecule has 2 heterocycles. The van der Waals surface area contributed by atoms with Crippen LogP contribution in [0.3, 0.4) is 0 Å². The van der Waals surface area contributed by atoms with Gasteiger partial charge >= 0.3 is 0 Å². The first-order valence-corrected chi connectivity index (χ1v) is 8.58. The van der Waals surface area contributed by atoms with Crippen LogP contribution in [0.4, 0.5) is 0 Å². The normalized spacial score (nSPS) is 23.0. The van der Waals surface area contributed by atoms with Gasteiger partial charge in [-0.3, -0.25) is 4.79 Å². The molecular formula is C14H19N3O3S. The molecule has 1 aromatic carbocycles. The van der Waals surface area contributed by atoms with Crippen molar-refractivity contribution in [1.29, 1.82) is 0 Å². The first kappa shape index (κ1) is 14.5. The van der Waals surface area contributed by atoms with Crippen molar-refractivity contribution in [3.05, 3.63) is 29.3 Å². The summed E-state index contributed by atoms with van der Waals surface area (Å²) < 4.78 is 27.1. The number of nitrogens with zero attached hydrogens (tertiary/aromatic N) is 1. The molecule has 0 saturated carbocycles. The number of fused-ring (bicyclic) bond motifs is 1. The second-order valence-corrected chi connectivity index (χ2v) is 7.36. The van der Waals surface area contributed by atoms with E-state index in [0.29, 0.717) is 37.2 Å². The third-order valence-electron chi connectivity index (χ3n) is 4.22. The van der Waals surface area contributed by atoms with Gasteiger partial charge in [0.05, 0.1) is 4.90 Å². The summed E-state index contributed by atoms with van der Waals surface area (Å²) in [4.78, 5) is 11.8. The van der Waals surface area contributed by atoms with Crippen LogP contribution >= 0.6 is 0 Å². The fraction of sp³-hybridized carbons (Fsp3) is 0.500. The summed E-state index contributed by atoms with van der Waals surface area (Å²) >= 11 is 0. The predicted molar refractivity (Wildman–Crippen MR) is 78.0 cm³/mol. The molecular weight excluding hydrogens is 290 g/mol. The molecule has 3 rings (SSSR count). The Kier molecular flexibility index (Phi) is 3.73. The summed E-state index contributed by atoms with van der Waals surface area (Å²) in [5.74, 6) is -0.567. The lowest BCUT2D eigenvalue weighted by Crippen LogP contribution is -2.44. The highest BCUT2D eigenvalue weighted by Gasteiger charge is 2.39. The number of carbonyl (C=O) groups excluding carboxylic acids is 1. The Morgan fingerprint density at radius 2 is 2.19 bits per heavy atom. The third-order valence-corrected chi connectivity index (χ3v) is 6.21. The zero-order valence-corrected chi connectivity index (χ0v) is 12.5. The Morgan fingerprint density at radius 3 is 2.95 bits per heavy atom. The molecule has 3 N–H and O–H groups in total. The summed E-state index contributed by atoms with van der Waals surface area (Å²) in [5, 5.41) is 3.23. The number of amides is 1.